The number of hydrogen-bond donors (Lipinski definition) is 0. The number of hydrogen-bond acceptors (Lipinski definition) is 3. The van der Waals surface area contributed by atoms with E-state index in [1.165, 1.54) is 7.11 Å². The van der Waals surface area contributed by atoms with E-state index in [2.05, 4.69) is 6.92 Å². The maximum Gasteiger partial charge on any atom is 0.310 e. The third-order valence-corrected chi connectivity index (χ3v) is 4.19. The summed E-state index contributed by atoms with van der Waals surface area (Å²) in [5.74, 6) is -0.330. The van der Waals surface area contributed by atoms with Gasteiger partial charge in [0.05, 0.1) is 13.0 Å². The first-order valence-electron chi connectivity index (χ1n) is 6.80. The fourth-order valence-electron chi connectivity index (χ4n) is 2.94. The quantitative estimate of drug-likeness (QED) is 0.708. The van der Waals surface area contributed by atoms with Gasteiger partial charge in [-0.3, -0.25) is 9.59 Å². The zero-order valence-corrected chi connectivity index (χ0v) is 12.0. The van der Waals surface area contributed by atoms with Gasteiger partial charge in [-0.05, 0) is 19.3 Å². The molecule has 0 radical (unpaired) electrons. The molecule has 104 valence electrons. The van der Waals surface area contributed by atoms with Crippen molar-refractivity contribution in [2.45, 2.75) is 46.0 Å². The molecule has 18 heavy (non-hydrogen) atoms. The first-order chi connectivity index (χ1) is 8.46. The van der Waals surface area contributed by atoms with Gasteiger partial charge in [0.15, 0.2) is 0 Å². The minimum absolute atomic E-state index is 0.176. The summed E-state index contributed by atoms with van der Waals surface area (Å²) in [6.07, 6.45) is 5.14. The van der Waals surface area contributed by atoms with E-state index in [9.17, 15) is 9.59 Å². The van der Waals surface area contributed by atoms with E-state index in [1.807, 2.05) is 0 Å². The van der Waals surface area contributed by atoms with Gasteiger partial charge in [-0.25, -0.2) is 0 Å². The molecule has 1 aliphatic carbocycles. The van der Waals surface area contributed by atoms with Crippen LogP contribution in [0.25, 0.3) is 0 Å². The largest absolute Gasteiger partial charge is 0.469 e. The molecule has 1 atom stereocenters. The Hall–Kier alpha value is -1.06. The van der Waals surface area contributed by atoms with Gasteiger partial charge in [0.25, 0.3) is 0 Å². The monoisotopic (exact) mass is 255 g/mol. The molecule has 4 heteroatoms. The van der Waals surface area contributed by atoms with Crippen molar-refractivity contribution in [3.05, 3.63) is 0 Å². The number of carbonyl (C=O) groups is 2. The highest BCUT2D eigenvalue weighted by Gasteiger charge is 2.41. The summed E-state index contributed by atoms with van der Waals surface area (Å²) in [4.78, 5) is 25.6. The third kappa shape index (κ3) is 3.03. The van der Waals surface area contributed by atoms with Gasteiger partial charge >= 0.3 is 5.97 Å². The number of esters is 1. The molecule has 0 spiro atoms. The molecule has 0 bridgehead atoms. The van der Waals surface area contributed by atoms with Crippen LogP contribution in [0.1, 0.15) is 46.0 Å². The van der Waals surface area contributed by atoms with Crippen molar-refractivity contribution in [3.63, 3.8) is 0 Å². The van der Waals surface area contributed by atoms with E-state index in [0.717, 1.165) is 32.1 Å². The molecular formula is C14H25NO3. The minimum atomic E-state index is -0.265. The van der Waals surface area contributed by atoms with Crippen LogP contribution in [-0.4, -0.2) is 37.5 Å². The molecule has 1 aliphatic rings. The van der Waals surface area contributed by atoms with Crippen LogP contribution >= 0.6 is 0 Å². The molecule has 0 aromatic rings. The normalized spacial score (nSPS) is 19.3. The van der Waals surface area contributed by atoms with Crippen molar-refractivity contribution in [2.75, 3.05) is 20.7 Å². The number of nitrogens with zero attached hydrogens (tertiary/aromatic N) is 1. The van der Waals surface area contributed by atoms with Gasteiger partial charge in [0, 0.05) is 19.0 Å². The summed E-state index contributed by atoms with van der Waals surface area (Å²) >= 11 is 0. The van der Waals surface area contributed by atoms with Crippen LogP contribution in [0.15, 0.2) is 0 Å². The van der Waals surface area contributed by atoms with E-state index in [4.69, 9.17) is 4.74 Å². The third-order valence-electron chi connectivity index (χ3n) is 4.19. The number of carbonyl (C=O) groups excluding carboxylic acids is 2. The number of rotatable bonds is 5. The Bertz CT molecular complexity index is 308. The summed E-state index contributed by atoms with van der Waals surface area (Å²) in [6.45, 7) is 4.32. The van der Waals surface area contributed by atoms with Crippen LogP contribution in [0.3, 0.4) is 0 Å². The molecule has 0 saturated heterocycles. The van der Waals surface area contributed by atoms with E-state index in [-0.39, 0.29) is 23.2 Å². The maximum atomic E-state index is 12.5. The SMILES string of the molecule is CCC1(C(=O)N(C)CC(C)C(=O)OC)CCCC1. The molecule has 0 N–H and O–H groups in total. The van der Waals surface area contributed by atoms with E-state index < -0.39 is 0 Å². The molecule has 0 aliphatic heterocycles. The van der Waals surface area contributed by atoms with Gasteiger partial charge in [0.2, 0.25) is 5.91 Å². The molecule has 1 saturated carbocycles. The van der Waals surface area contributed by atoms with Crippen LogP contribution in [-0.2, 0) is 14.3 Å². The lowest BCUT2D eigenvalue weighted by atomic mass is 9.82. The first kappa shape index (κ1) is 15.0. The lowest BCUT2D eigenvalue weighted by molar-refractivity contribution is -0.148. The molecule has 0 heterocycles. The van der Waals surface area contributed by atoms with Crippen LogP contribution in [0.4, 0.5) is 0 Å². The van der Waals surface area contributed by atoms with Crippen LogP contribution in [0, 0.1) is 11.3 Å². The predicted octanol–water partition coefficient (Wildman–Crippen LogP) is 2.22. The standard InChI is InChI=1S/C14H25NO3/c1-5-14(8-6-7-9-14)13(17)15(3)10-11(2)12(16)18-4/h11H,5-10H2,1-4H3. The van der Waals surface area contributed by atoms with Crippen LogP contribution < -0.4 is 0 Å². The molecule has 1 amide bonds. The van der Waals surface area contributed by atoms with Gasteiger partial charge in [0.1, 0.15) is 0 Å². The highest BCUT2D eigenvalue weighted by molar-refractivity contribution is 5.83. The molecular weight excluding hydrogens is 230 g/mol. The minimum Gasteiger partial charge on any atom is -0.469 e. The smallest absolute Gasteiger partial charge is 0.310 e. The summed E-state index contributed by atoms with van der Waals surface area (Å²) in [6, 6.07) is 0. The van der Waals surface area contributed by atoms with Gasteiger partial charge in [-0.15, -0.1) is 0 Å². The van der Waals surface area contributed by atoms with E-state index in [0.29, 0.717) is 6.54 Å². The first-order valence-corrected chi connectivity index (χ1v) is 6.80. The Labute approximate surface area is 110 Å². The Kier molecular flexibility index (Phi) is 5.17. The lowest BCUT2D eigenvalue weighted by Crippen LogP contribution is -2.43. The molecule has 1 unspecified atom stereocenters. The fourth-order valence-corrected chi connectivity index (χ4v) is 2.94. The Balaban J connectivity index is 2.63. The lowest BCUT2D eigenvalue weighted by Gasteiger charge is -2.32. The Morgan fingerprint density at radius 3 is 2.33 bits per heavy atom. The number of amides is 1. The summed E-state index contributed by atoms with van der Waals surface area (Å²) in [5, 5.41) is 0. The van der Waals surface area contributed by atoms with Crippen molar-refractivity contribution >= 4 is 11.9 Å². The topological polar surface area (TPSA) is 46.6 Å². The van der Waals surface area contributed by atoms with Gasteiger partial charge in [-0.2, -0.15) is 0 Å². The average Bonchev–Trinajstić information content (AvgIpc) is 2.86. The zero-order chi connectivity index (χ0) is 13.8. The van der Waals surface area contributed by atoms with Gasteiger partial charge < -0.3 is 9.64 Å². The molecule has 1 fully saturated rings. The molecule has 4 nitrogen and oxygen atoms in total. The second-order valence-corrected chi connectivity index (χ2v) is 5.45. The summed E-state index contributed by atoms with van der Waals surface area (Å²) in [7, 11) is 3.17. The van der Waals surface area contributed by atoms with Crippen molar-refractivity contribution < 1.29 is 14.3 Å². The zero-order valence-electron chi connectivity index (χ0n) is 12.0. The summed E-state index contributed by atoms with van der Waals surface area (Å²) in [5.41, 5.74) is -0.176. The van der Waals surface area contributed by atoms with E-state index in [1.54, 1.807) is 18.9 Å². The van der Waals surface area contributed by atoms with Crippen molar-refractivity contribution in [1.82, 2.24) is 4.90 Å². The van der Waals surface area contributed by atoms with Crippen molar-refractivity contribution in [2.24, 2.45) is 11.3 Å². The van der Waals surface area contributed by atoms with Crippen LogP contribution in [0.2, 0.25) is 0 Å². The number of ether oxygens (including phenoxy) is 1. The molecule has 0 aromatic carbocycles. The number of methoxy groups -OCH3 is 1. The van der Waals surface area contributed by atoms with Crippen molar-refractivity contribution in [1.29, 1.82) is 0 Å². The average molecular weight is 255 g/mol. The highest BCUT2D eigenvalue weighted by atomic mass is 16.5. The van der Waals surface area contributed by atoms with E-state index >= 15 is 0 Å². The summed E-state index contributed by atoms with van der Waals surface area (Å²) < 4.78 is 4.69. The van der Waals surface area contributed by atoms with Crippen molar-refractivity contribution in [3.8, 4) is 0 Å². The second kappa shape index (κ2) is 6.21. The Morgan fingerprint density at radius 2 is 1.89 bits per heavy atom. The van der Waals surface area contributed by atoms with Crippen LogP contribution in [0.5, 0.6) is 0 Å². The Morgan fingerprint density at radius 1 is 1.33 bits per heavy atom. The molecule has 1 rings (SSSR count). The fraction of sp³-hybridized carbons (Fsp3) is 0.857. The predicted molar refractivity (Wildman–Crippen MR) is 70.0 cm³/mol. The van der Waals surface area contributed by atoms with Gasteiger partial charge in [-0.1, -0.05) is 26.7 Å². The molecule has 0 aromatic heterocycles. The highest BCUT2D eigenvalue weighted by Crippen LogP contribution is 2.42. The maximum absolute atomic E-state index is 12.5. The second-order valence-electron chi connectivity index (χ2n) is 5.45.